The van der Waals surface area contributed by atoms with E-state index in [-0.39, 0.29) is 12.5 Å². The molecule has 0 aliphatic heterocycles. The minimum Gasteiger partial charge on any atom is -0.347 e. The highest BCUT2D eigenvalue weighted by Crippen LogP contribution is 2.12. The van der Waals surface area contributed by atoms with Crippen molar-refractivity contribution in [2.45, 2.75) is 20.4 Å². The number of rotatable bonds is 5. The summed E-state index contributed by atoms with van der Waals surface area (Å²) in [5.74, 6) is 1.51. The van der Waals surface area contributed by atoms with Gasteiger partial charge in [0, 0.05) is 33.8 Å². The molecule has 0 spiro atoms. The summed E-state index contributed by atoms with van der Waals surface area (Å²) in [5.41, 5.74) is 2.66. The van der Waals surface area contributed by atoms with Crippen LogP contribution in [0.4, 0.5) is 11.9 Å². The van der Waals surface area contributed by atoms with Gasteiger partial charge in [0.15, 0.2) is 5.82 Å². The Hall–Kier alpha value is -2.70. The van der Waals surface area contributed by atoms with Crippen LogP contribution >= 0.6 is 0 Å². The second kappa shape index (κ2) is 7.25. The number of nitrogens with one attached hydrogen (secondary N) is 1. The molecule has 1 amide bonds. The smallest absolute Gasteiger partial charge is 0.251 e. The zero-order chi connectivity index (χ0) is 17.9. The van der Waals surface area contributed by atoms with Gasteiger partial charge in [-0.25, -0.2) is 0 Å². The molecule has 2 rings (SSSR count). The van der Waals surface area contributed by atoms with E-state index >= 15 is 0 Å². The standard InChI is InChI=1S/C17H24N6O/c1-11-7-8-12(2)13(9-11)15(24)18-10-14-19-16(22(3)4)21-17(20-14)23(5)6/h7-9H,10H2,1-6H3,(H,18,24). The third-order valence-corrected chi connectivity index (χ3v) is 3.50. The molecule has 2 aromatic rings. The molecule has 0 fully saturated rings. The van der Waals surface area contributed by atoms with Crippen molar-refractivity contribution in [1.82, 2.24) is 20.3 Å². The second-order valence-electron chi connectivity index (χ2n) is 6.14. The number of hydrogen-bond acceptors (Lipinski definition) is 6. The van der Waals surface area contributed by atoms with Crippen LogP contribution in [0.25, 0.3) is 0 Å². The highest BCUT2D eigenvalue weighted by Gasteiger charge is 2.13. The van der Waals surface area contributed by atoms with Crippen molar-refractivity contribution in [1.29, 1.82) is 0 Å². The summed E-state index contributed by atoms with van der Waals surface area (Å²) in [6.07, 6.45) is 0. The van der Waals surface area contributed by atoms with Crippen molar-refractivity contribution in [2.75, 3.05) is 38.0 Å². The van der Waals surface area contributed by atoms with Gasteiger partial charge in [-0.1, -0.05) is 17.7 Å². The Morgan fingerprint density at radius 1 is 1.00 bits per heavy atom. The fourth-order valence-electron chi connectivity index (χ4n) is 2.11. The van der Waals surface area contributed by atoms with Crippen LogP contribution in [-0.2, 0) is 6.54 Å². The molecule has 0 aliphatic carbocycles. The van der Waals surface area contributed by atoms with Gasteiger partial charge in [-0.05, 0) is 25.5 Å². The lowest BCUT2D eigenvalue weighted by Crippen LogP contribution is -2.26. The molecule has 0 saturated carbocycles. The van der Waals surface area contributed by atoms with E-state index in [9.17, 15) is 4.79 Å². The SMILES string of the molecule is Cc1ccc(C)c(C(=O)NCc2nc(N(C)C)nc(N(C)C)n2)c1. The summed E-state index contributed by atoms with van der Waals surface area (Å²) in [7, 11) is 7.47. The van der Waals surface area contributed by atoms with Gasteiger partial charge in [-0.15, -0.1) is 0 Å². The Kier molecular flexibility index (Phi) is 5.33. The zero-order valence-corrected chi connectivity index (χ0v) is 15.1. The topological polar surface area (TPSA) is 74.2 Å². The maximum absolute atomic E-state index is 12.4. The quantitative estimate of drug-likeness (QED) is 0.898. The molecule has 0 atom stereocenters. The summed E-state index contributed by atoms with van der Waals surface area (Å²) in [6, 6.07) is 5.82. The van der Waals surface area contributed by atoms with Crippen molar-refractivity contribution in [3.63, 3.8) is 0 Å². The third kappa shape index (κ3) is 4.18. The Labute approximate surface area is 142 Å². The molecule has 0 radical (unpaired) electrons. The molecule has 7 nitrogen and oxygen atoms in total. The number of benzene rings is 1. The number of carbonyl (C=O) groups excluding carboxylic acids is 1. The van der Waals surface area contributed by atoms with Crippen LogP contribution in [0.1, 0.15) is 27.3 Å². The summed E-state index contributed by atoms with van der Waals surface area (Å²) >= 11 is 0. The van der Waals surface area contributed by atoms with Crippen LogP contribution in [0.5, 0.6) is 0 Å². The van der Waals surface area contributed by atoms with Crippen LogP contribution in [0.15, 0.2) is 18.2 Å². The van der Waals surface area contributed by atoms with Crippen molar-refractivity contribution in [3.8, 4) is 0 Å². The fraction of sp³-hybridized carbons (Fsp3) is 0.412. The first-order chi connectivity index (χ1) is 11.3. The summed E-state index contributed by atoms with van der Waals surface area (Å²) in [6.45, 7) is 4.14. The maximum Gasteiger partial charge on any atom is 0.251 e. The molecule has 1 aromatic carbocycles. The normalized spacial score (nSPS) is 10.4. The molecule has 0 bridgehead atoms. The summed E-state index contributed by atoms with van der Waals surface area (Å²) < 4.78 is 0. The minimum absolute atomic E-state index is 0.130. The lowest BCUT2D eigenvalue weighted by atomic mass is 10.1. The number of hydrogen-bond donors (Lipinski definition) is 1. The van der Waals surface area contributed by atoms with E-state index < -0.39 is 0 Å². The van der Waals surface area contributed by atoms with Crippen molar-refractivity contribution < 1.29 is 4.79 Å². The number of amides is 1. The zero-order valence-electron chi connectivity index (χ0n) is 15.1. The number of carbonyl (C=O) groups is 1. The van der Waals surface area contributed by atoms with E-state index in [0.29, 0.717) is 23.3 Å². The largest absolute Gasteiger partial charge is 0.347 e. The molecule has 1 heterocycles. The van der Waals surface area contributed by atoms with Crippen LogP contribution < -0.4 is 15.1 Å². The Morgan fingerprint density at radius 3 is 2.12 bits per heavy atom. The Bertz CT molecular complexity index is 716. The molecular weight excluding hydrogens is 304 g/mol. The van der Waals surface area contributed by atoms with E-state index in [1.807, 2.05) is 70.0 Å². The van der Waals surface area contributed by atoms with Crippen molar-refractivity contribution in [2.24, 2.45) is 0 Å². The average molecular weight is 328 g/mol. The molecule has 0 aliphatic rings. The number of nitrogens with zero attached hydrogens (tertiary/aromatic N) is 5. The lowest BCUT2D eigenvalue weighted by Gasteiger charge is -2.16. The second-order valence-corrected chi connectivity index (χ2v) is 6.14. The number of aryl methyl sites for hydroxylation is 2. The van der Waals surface area contributed by atoms with E-state index in [1.165, 1.54) is 0 Å². The van der Waals surface area contributed by atoms with E-state index in [2.05, 4.69) is 20.3 Å². The van der Waals surface area contributed by atoms with Crippen LogP contribution in [0, 0.1) is 13.8 Å². The van der Waals surface area contributed by atoms with Gasteiger partial charge in [0.25, 0.3) is 5.91 Å². The lowest BCUT2D eigenvalue weighted by molar-refractivity contribution is 0.0949. The molecular formula is C17H24N6O. The van der Waals surface area contributed by atoms with E-state index in [4.69, 9.17) is 0 Å². The number of anilines is 2. The van der Waals surface area contributed by atoms with Crippen molar-refractivity contribution in [3.05, 3.63) is 40.7 Å². The highest BCUT2D eigenvalue weighted by molar-refractivity contribution is 5.95. The van der Waals surface area contributed by atoms with Gasteiger partial charge in [0.2, 0.25) is 11.9 Å². The van der Waals surface area contributed by atoms with E-state index in [1.54, 1.807) is 0 Å². The van der Waals surface area contributed by atoms with Gasteiger partial charge >= 0.3 is 0 Å². The first-order valence-corrected chi connectivity index (χ1v) is 7.73. The van der Waals surface area contributed by atoms with Gasteiger partial charge in [0.1, 0.15) is 0 Å². The first-order valence-electron chi connectivity index (χ1n) is 7.73. The predicted octanol–water partition coefficient (Wildman–Crippen LogP) is 1.55. The molecule has 24 heavy (non-hydrogen) atoms. The van der Waals surface area contributed by atoms with Crippen molar-refractivity contribution >= 4 is 17.8 Å². The molecule has 1 N–H and O–H groups in total. The van der Waals surface area contributed by atoms with Gasteiger partial charge in [0.05, 0.1) is 6.54 Å². The minimum atomic E-state index is -0.130. The summed E-state index contributed by atoms with van der Waals surface area (Å²) in [4.78, 5) is 29.2. The maximum atomic E-state index is 12.4. The number of aromatic nitrogens is 3. The van der Waals surface area contributed by atoms with E-state index in [0.717, 1.165) is 11.1 Å². The molecule has 128 valence electrons. The van der Waals surface area contributed by atoms with Gasteiger partial charge in [-0.2, -0.15) is 15.0 Å². The van der Waals surface area contributed by atoms with Gasteiger partial charge < -0.3 is 15.1 Å². The molecule has 0 saturated heterocycles. The Morgan fingerprint density at radius 2 is 1.58 bits per heavy atom. The van der Waals surface area contributed by atoms with Crippen LogP contribution in [-0.4, -0.2) is 49.0 Å². The fourth-order valence-corrected chi connectivity index (χ4v) is 2.11. The predicted molar refractivity (Wildman–Crippen MR) is 95.6 cm³/mol. The third-order valence-electron chi connectivity index (χ3n) is 3.50. The highest BCUT2D eigenvalue weighted by atomic mass is 16.1. The van der Waals surface area contributed by atoms with Gasteiger partial charge in [-0.3, -0.25) is 4.79 Å². The average Bonchev–Trinajstić information content (AvgIpc) is 2.54. The van der Waals surface area contributed by atoms with Crippen LogP contribution in [0.3, 0.4) is 0 Å². The molecule has 7 heteroatoms. The van der Waals surface area contributed by atoms with Crippen LogP contribution in [0.2, 0.25) is 0 Å². The monoisotopic (exact) mass is 328 g/mol. The molecule has 1 aromatic heterocycles. The summed E-state index contributed by atoms with van der Waals surface area (Å²) in [5, 5.41) is 2.89. The Balaban J connectivity index is 2.19. The first kappa shape index (κ1) is 17.7. The molecule has 0 unspecified atom stereocenters.